The number of nitrogens with two attached hydrogens (primary N) is 2. The van der Waals surface area contributed by atoms with Gasteiger partial charge in [-0.05, 0) is 72.9 Å². The first kappa shape index (κ1) is 18.8. The van der Waals surface area contributed by atoms with Crippen molar-refractivity contribution < 1.29 is 9.47 Å². The molecule has 0 unspecified atom stereocenters. The molecule has 4 N–H and O–H groups in total. The molecule has 116 valence electrons. The van der Waals surface area contributed by atoms with Crippen molar-refractivity contribution in [3.8, 4) is 0 Å². The molecule has 0 rings (SSSR count). The van der Waals surface area contributed by atoms with Crippen LogP contribution >= 0.6 is 0 Å². The van der Waals surface area contributed by atoms with Gasteiger partial charge < -0.3 is 20.9 Å². The minimum atomic E-state index is -0.0953. The third-order valence-electron chi connectivity index (χ3n) is 3.25. The first-order valence-electron chi connectivity index (χ1n) is 7.51. The van der Waals surface area contributed by atoms with E-state index in [0.29, 0.717) is 13.1 Å². The molecule has 0 amide bonds. The zero-order chi connectivity index (χ0) is 14.8. The lowest BCUT2D eigenvalue weighted by Crippen LogP contribution is -2.28. The summed E-state index contributed by atoms with van der Waals surface area (Å²) in [5.74, 6) is 0. The van der Waals surface area contributed by atoms with Gasteiger partial charge >= 0.3 is 0 Å². The normalized spacial score (nSPS) is 12.9. The molecule has 0 aromatic rings. The fourth-order valence-corrected chi connectivity index (χ4v) is 1.92. The highest BCUT2D eigenvalue weighted by atomic mass is 16.5. The minimum Gasteiger partial charge on any atom is -0.376 e. The van der Waals surface area contributed by atoms with Gasteiger partial charge in [-0.3, -0.25) is 0 Å². The van der Waals surface area contributed by atoms with Crippen molar-refractivity contribution >= 4 is 0 Å². The summed E-state index contributed by atoms with van der Waals surface area (Å²) in [6.45, 7) is 11.4. The standard InChI is InChI=1S/C15H34N2O2/c1-14(2,19-13-7-10-16)8-5-6-12-18-15(3,4)9-11-17/h5-13,16-17H2,1-4H3. The number of hydrogen-bond donors (Lipinski definition) is 2. The van der Waals surface area contributed by atoms with E-state index in [0.717, 1.165) is 45.3 Å². The van der Waals surface area contributed by atoms with Gasteiger partial charge in [0.2, 0.25) is 0 Å². The highest BCUT2D eigenvalue weighted by Gasteiger charge is 2.19. The van der Waals surface area contributed by atoms with Crippen molar-refractivity contribution in [3.05, 3.63) is 0 Å². The van der Waals surface area contributed by atoms with Crippen LogP contribution in [0.2, 0.25) is 0 Å². The van der Waals surface area contributed by atoms with Crippen LogP contribution in [-0.4, -0.2) is 37.5 Å². The molecule has 0 aliphatic carbocycles. The maximum atomic E-state index is 5.85. The SMILES string of the molecule is CC(C)(CCN)OCCCCC(C)(C)OCCCN. The summed E-state index contributed by atoms with van der Waals surface area (Å²) in [6.07, 6.45) is 5.07. The Kier molecular flexibility index (Phi) is 9.62. The molecule has 0 aliphatic heterocycles. The van der Waals surface area contributed by atoms with Crippen LogP contribution in [0, 0.1) is 0 Å². The van der Waals surface area contributed by atoms with Crippen molar-refractivity contribution in [1.29, 1.82) is 0 Å². The van der Waals surface area contributed by atoms with Crippen molar-refractivity contribution in [2.24, 2.45) is 11.5 Å². The molecule has 0 fully saturated rings. The van der Waals surface area contributed by atoms with Gasteiger partial charge in [-0.2, -0.15) is 0 Å². The third kappa shape index (κ3) is 11.4. The molecule has 19 heavy (non-hydrogen) atoms. The Morgan fingerprint density at radius 1 is 0.684 bits per heavy atom. The molecule has 0 aromatic heterocycles. The number of unbranched alkanes of at least 4 members (excludes halogenated alkanes) is 1. The molecule has 0 saturated heterocycles. The molecule has 0 radical (unpaired) electrons. The molecule has 0 aliphatic rings. The lowest BCUT2D eigenvalue weighted by Gasteiger charge is -2.27. The van der Waals surface area contributed by atoms with Gasteiger partial charge in [0.15, 0.2) is 0 Å². The Hall–Kier alpha value is -0.160. The van der Waals surface area contributed by atoms with E-state index in [4.69, 9.17) is 20.9 Å². The molecule has 4 heteroatoms. The third-order valence-corrected chi connectivity index (χ3v) is 3.25. The maximum Gasteiger partial charge on any atom is 0.0638 e. The average molecular weight is 274 g/mol. The summed E-state index contributed by atoms with van der Waals surface area (Å²) in [4.78, 5) is 0. The summed E-state index contributed by atoms with van der Waals surface area (Å²) >= 11 is 0. The summed E-state index contributed by atoms with van der Waals surface area (Å²) in [5, 5.41) is 0. The van der Waals surface area contributed by atoms with E-state index >= 15 is 0 Å². The second-order valence-corrected chi connectivity index (χ2v) is 6.35. The summed E-state index contributed by atoms with van der Waals surface area (Å²) in [5.41, 5.74) is 10.9. The molecule has 0 saturated carbocycles. The van der Waals surface area contributed by atoms with Crippen molar-refractivity contribution in [1.82, 2.24) is 0 Å². The van der Waals surface area contributed by atoms with Crippen LogP contribution in [-0.2, 0) is 9.47 Å². The maximum absolute atomic E-state index is 5.85. The van der Waals surface area contributed by atoms with Crippen LogP contribution < -0.4 is 11.5 Å². The van der Waals surface area contributed by atoms with Gasteiger partial charge in [0.25, 0.3) is 0 Å². The van der Waals surface area contributed by atoms with Gasteiger partial charge in [0.1, 0.15) is 0 Å². The van der Waals surface area contributed by atoms with Crippen molar-refractivity contribution in [3.63, 3.8) is 0 Å². The second kappa shape index (κ2) is 9.70. The Morgan fingerprint density at radius 2 is 1.21 bits per heavy atom. The van der Waals surface area contributed by atoms with Gasteiger partial charge in [-0.1, -0.05) is 0 Å². The second-order valence-electron chi connectivity index (χ2n) is 6.35. The lowest BCUT2D eigenvalue weighted by atomic mass is 10.0. The largest absolute Gasteiger partial charge is 0.376 e. The highest BCUT2D eigenvalue weighted by Crippen LogP contribution is 2.19. The highest BCUT2D eigenvalue weighted by molar-refractivity contribution is 4.70. The van der Waals surface area contributed by atoms with E-state index in [9.17, 15) is 0 Å². The Bertz CT molecular complexity index is 218. The summed E-state index contributed by atoms with van der Waals surface area (Å²) in [6, 6.07) is 0. The fourth-order valence-electron chi connectivity index (χ4n) is 1.92. The Labute approximate surface area is 119 Å². The number of ether oxygens (including phenoxy) is 2. The predicted molar refractivity (Wildman–Crippen MR) is 81.3 cm³/mol. The van der Waals surface area contributed by atoms with E-state index < -0.39 is 0 Å². The van der Waals surface area contributed by atoms with Crippen molar-refractivity contribution in [2.45, 2.75) is 71.0 Å². The van der Waals surface area contributed by atoms with Crippen molar-refractivity contribution in [2.75, 3.05) is 26.3 Å². The summed E-state index contributed by atoms with van der Waals surface area (Å²) < 4.78 is 11.7. The Balaban J connectivity index is 3.62. The molecular formula is C15H34N2O2. The smallest absolute Gasteiger partial charge is 0.0638 e. The van der Waals surface area contributed by atoms with Gasteiger partial charge in [-0.15, -0.1) is 0 Å². The molecule has 4 nitrogen and oxygen atoms in total. The molecule has 0 spiro atoms. The zero-order valence-corrected chi connectivity index (χ0v) is 13.3. The zero-order valence-electron chi connectivity index (χ0n) is 13.3. The molecule has 0 aromatic carbocycles. The lowest BCUT2D eigenvalue weighted by molar-refractivity contribution is -0.0367. The van der Waals surface area contributed by atoms with Crippen LogP contribution in [0.4, 0.5) is 0 Å². The minimum absolute atomic E-state index is 0.0536. The molecular weight excluding hydrogens is 240 g/mol. The first-order chi connectivity index (χ1) is 8.83. The van der Waals surface area contributed by atoms with Crippen LogP contribution in [0.15, 0.2) is 0 Å². The van der Waals surface area contributed by atoms with Crippen LogP contribution in [0.25, 0.3) is 0 Å². The van der Waals surface area contributed by atoms with Gasteiger partial charge in [-0.25, -0.2) is 0 Å². The topological polar surface area (TPSA) is 70.5 Å². The number of rotatable bonds is 12. The van der Waals surface area contributed by atoms with Crippen LogP contribution in [0.1, 0.15) is 59.8 Å². The van der Waals surface area contributed by atoms with Crippen LogP contribution in [0.5, 0.6) is 0 Å². The fraction of sp³-hybridized carbons (Fsp3) is 1.00. The Morgan fingerprint density at radius 3 is 1.74 bits per heavy atom. The summed E-state index contributed by atoms with van der Waals surface area (Å²) in [7, 11) is 0. The quantitative estimate of drug-likeness (QED) is 0.536. The molecule has 0 bridgehead atoms. The van der Waals surface area contributed by atoms with Crippen LogP contribution in [0.3, 0.4) is 0 Å². The van der Waals surface area contributed by atoms with Gasteiger partial charge in [0, 0.05) is 13.2 Å². The van der Waals surface area contributed by atoms with E-state index in [1.807, 2.05) is 0 Å². The molecule has 0 atom stereocenters. The number of hydrogen-bond acceptors (Lipinski definition) is 4. The van der Waals surface area contributed by atoms with E-state index in [2.05, 4.69) is 27.7 Å². The van der Waals surface area contributed by atoms with E-state index in [1.54, 1.807) is 0 Å². The average Bonchev–Trinajstić information content (AvgIpc) is 2.28. The molecule has 0 heterocycles. The van der Waals surface area contributed by atoms with E-state index in [1.165, 1.54) is 0 Å². The van der Waals surface area contributed by atoms with E-state index in [-0.39, 0.29) is 11.2 Å². The predicted octanol–water partition coefficient (Wildman–Crippen LogP) is 2.44. The van der Waals surface area contributed by atoms with Gasteiger partial charge in [0.05, 0.1) is 11.2 Å². The first-order valence-corrected chi connectivity index (χ1v) is 7.51. The monoisotopic (exact) mass is 274 g/mol.